The molecule has 1 saturated carbocycles. The van der Waals surface area contributed by atoms with Crippen molar-refractivity contribution in [2.45, 2.75) is 32.2 Å². The maximum absolute atomic E-state index is 12.4. The maximum atomic E-state index is 12.4. The zero-order valence-corrected chi connectivity index (χ0v) is 12.6. The summed E-state index contributed by atoms with van der Waals surface area (Å²) in [5, 5.41) is 0. The van der Waals surface area contributed by atoms with Crippen molar-refractivity contribution in [2.24, 2.45) is 0 Å². The van der Waals surface area contributed by atoms with Crippen molar-refractivity contribution in [1.29, 1.82) is 0 Å². The number of hydrogen-bond donors (Lipinski definition) is 0. The monoisotopic (exact) mass is 297 g/mol. The van der Waals surface area contributed by atoms with Gasteiger partial charge in [0.25, 0.3) is 5.56 Å². The Kier molecular flexibility index (Phi) is 4.09. The van der Waals surface area contributed by atoms with E-state index in [1.165, 1.54) is 0 Å². The summed E-state index contributed by atoms with van der Waals surface area (Å²) >= 11 is 0. The van der Waals surface area contributed by atoms with Crippen LogP contribution in [-0.4, -0.2) is 17.5 Å². The van der Waals surface area contributed by atoms with Gasteiger partial charge in [-0.3, -0.25) is 9.59 Å². The van der Waals surface area contributed by atoms with Gasteiger partial charge in [-0.2, -0.15) is 0 Å². The van der Waals surface area contributed by atoms with Crippen molar-refractivity contribution >= 4 is 6.29 Å². The molecule has 0 aliphatic heterocycles. The fraction of sp³-hybridized carbons (Fsp3) is 0.333. The van der Waals surface area contributed by atoms with E-state index in [4.69, 9.17) is 4.74 Å². The average Bonchev–Trinajstić information content (AvgIpc) is 3.38. The first-order valence-corrected chi connectivity index (χ1v) is 7.68. The van der Waals surface area contributed by atoms with Gasteiger partial charge in [-0.05, 0) is 61.2 Å². The largest absolute Gasteiger partial charge is 0.494 e. The minimum Gasteiger partial charge on any atom is -0.494 e. The Balaban J connectivity index is 1.99. The highest BCUT2D eigenvalue weighted by molar-refractivity contribution is 5.75. The third-order valence-electron chi connectivity index (χ3n) is 3.81. The molecule has 1 aromatic carbocycles. The normalized spacial score (nSPS) is 13.9. The van der Waals surface area contributed by atoms with E-state index in [9.17, 15) is 9.59 Å². The highest BCUT2D eigenvalue weighted by Crippen LogP contribution is 2.37. The molecule has 4 nitrogen and oxygen atoms in total. The lowest BCUT2D eigenvalue weighted by Gasteiger charge is -2.13. The minimum atomic E-state index is -0.193. The van der Waals surface area contributed by atoms with E-state index in [-0.39, 0.29) is 17.2 Å². The molecular weight excluding hydrogens is 278 g/mol. The minimum absolute atomic E-state index is 0.193. The number of hydrogen-bond acceptors (Lipinski definition) is 3. The van der Waals surface area contributed by atoms with Crippen molar-refractivity contribution in [3.8, 4) is 17.0 Å². The van der Waals surface area contributed by atoms with Crippen LogP contribution in [0.25, 0.3) is 11.3 Å². The average molecular weight is 297 g/mol. The van der Waals surface area contributed by atoms with Crippen LogP contribution in [0.15, 0.2) is 41.2 Å². The first kappa shape index (κ1) is 14.6. The number of rotatable bonds is 6. The Labute approximate surface area is 129 Å². The van der Waals surface area contributed by atoms with Gasteiger partial charge in [0.1, 0.15) is 5.75 Å². The molecule has 2 aromatic rings. The van der Waals surface area contributed by atoms with Gasteiger partial charge >= 0.3 is 0 Å². The molecule has 0 atom stereocenters. The van der Waals surface area contributed by atoms with Crippen LogP contribution in [0.4, 0.5) is 0 Å². The van der Waals surface area contributed by atoms with Gasteiger partial charge in [0.05, 0.1) is 17.9 Å². The van der Waals surface area contributed by atoms with Gasteiger partial charge in [-0.15, -0.1) is 0 Å². The Hall–Kier alpha value is -2.36. The van der Waals surface area contributed by atoms with Crippen LogP contribution in [0.1, 0.15) is 42.6 Å². The number of carbonyl (C=O) groups excluding carboxylic acids is 1. The molecule has 0 bridgehead atoms. The first-order valence-electron chi connectivity index (χ1n) is 7.68. The number of aromatic nitrogens is 1. The second-order valence-electron chi connectivity index (χ2n) is 5.57. The van der Waals surface area contributed by atoms with Crippen LogP contribution in [-0.2, 0) is 0 Å². The smallest absolute Gasteiger partial charge is 0.261 e. The number of pyridine rings is 1. The summed E-state index contributed by atoms with van der Waals surface area (Å²) in [6.07, 6.45) is 3.59. The van der Waals surface area contributed by atoms with Gasteiger partial charge < -0.3 is 9.30 Å². The van der Waals surface area contributed by atoms with E-state index in [1.54, 1.807) is 10.6 Å². The summed E-state index contributed by atoms with van der Waals surface area (Å²) in [6, 6.07) is 11.4. The van der Waals surface area contributed by atoms with E-state index in [0.29, 0.717) is 12.9 Å². The van der Waals surface area contributed by atoms with Crippen molar-refractivity contribution < 1.29 is 9.53 Å². The Morgan fingerprint density at radius 1 is 1.18 bits per heavy atom. The van der Waals surface area contributed by atoms with Crippen LogP contribution in [0.2, 0.25) is 0 Å². The van der Waals surface area contributed by atoms with Crippen molar-refractivity contribution in [3.05, 3.63) is 52.3 Å². The van der Waals surface area contributed by atoms with Gasteiger partial charge in [-0.25, -0.2) is 0 Å². The zero-order chi connectivity index (χ0) is 15.5. The quantitative estimate of drug-likeness (QED) is 0.767. The SMILES string of the molecule is CCCOc1ccc(-c2ccc(C=O)c(=O)n2C2CC2)cc1. The molecule has 1 aromatic heterocycles. The van der Waals surface area contributed by atoms with Gasteiger partial charge in [0.2, 0.25) is 0 Å². The number of benzene rings is 1. The number of aldehydes is 1. The molecule has 0 radical (unpaired) electrons. The second-order valence-corrected chi connectivity index (χ2v) is 5.57. The molecular formula is C18H19NO3. The van der Waals surface area contributed by atoms with Gasteiger partial charge in [0.15, 0.2) is 6.29 Å². The lowest BCUT2D eigenvalue weighted by atomic mass is 10.1. The summed E-state index contributed by atoms with van der Waals surface area (Å²) in [4.78, 5) is 23.4. The number of ether oxygens (including phenoxy) is 1. The van der Waals surface area contributed by atoms with E-state index < -0.39 is 0 Å². The molecule has 0 amide bonds. The zero-order valence-electron chi connectivity index (χ0n) is 12.6. The van der Waals surface area contributed by atoms with E-state index in [2.05, 4.69) is 6.92 Å². The molecule has 3 rings (SSSR count). The lowest BCUT2D eigenvalue weighted by Crippen LogP contribution is -2.24. The van der Waals surface area contributed by atoms with Crippen molar-refractivity contribution in [1.82, 2.24) is 4.57 Å². The van der Waals surface area contributed by atoms with Gasteiger partial charge in [0, 0.05) is 6.04 Å². The summed E-state index contributed by atoms with van der Waals surface area (Å²) in [5.74, 6) is 0.829. The standard InChI is InChI=1S/C18H19NO3/c1-2-11-22-16-8-3-13(4-9-16)17-10-5-14(12-20)18(21)19(17)15-6-7-15/h3-5,8-10,12,15H,2,6-7,11H2,1H3. The second kappa shape index (κ2) is 6.18. The van der Waals surface area contributed by atoms with Crippen molar-refractivity contribution in [2.75, 3.05) is 6.61 Å². The van der Waals surface area contributed by atoms with E-state index in [0.717, 1.165) is 36.3 Å². The summed E-state index contributed by atoms with van der Waals surface area (Å²) in [5.41, 5.74) is 1.85. The van der Waals surface area contributed by atoms with Crippen LogP contribution >= 0.6 is 0 Å². The highest BCUT2D eigenvalue weighted by Gasteiger charge is 2.27. The van der Waals surface area contributed by atoms with Crippen LogP contribution in [0.5, 0.6) is 5.75 Å². The van der Waals surface area contributed by atoms with E-state index in [1.807, 2.05) is 30.3 Å². The molecule has 0 saturated heterocycles. The molecule has 1 aliphatic carbocycles. The Morgan fingerprint density at radius 2 is 1.91 bits per heavy atom. The lowest BCUT2D eigenvalue weighted by molar-refractivity contribution is 0.112. The van der Waals surface area contributed by atoms with Gasteiger partial charge in [-0.1, -0.05) is 6.92 Å². The molecule has 0 N–H and O–H groups in total. The number of nitrogens with zero attached hydrogens (tertiary/aromatic N) is 1. The van der Waals surface area contributed by atoms with Crippen LogP contribution < -0.4 is 10.3 Å². The fourth-order valence-electron chi connectivity index (χ4n) is 2.53. The molecule has 22 heavy (non-hydrogen) atoms. The predicted octanol–water partition coefficient (Wildman–Crippen LogP) is 3.45. The third kappa shape index (κ3) is 2.82. The Morgan fingerprint density at radius 3 is 2.50 bits per heavy atom. The topological polar surface area (TPSA) is 48.3 Å². The summed E-state index contributed by atoms with van der Waals surface area (Å²) in [7, 11) is 0. The summed E-state index contributed by atoms with van der Waals surface area (Å²) in [6.45, 7) is 2.76. The summed E-state index contributed by atoms with van der Waals surface area (Å²) < 4.78 is 7.34. The van der Waals surface area contributed by atoms with Crippen molar-refractivity contribution in [3.63, 3.8) is 0 Å². The molecule has 1 aliphatic rings. The van der Waals surface area contributed by atoms with E-state index >= 15 is 0 Å². The maximum Gasteiger partial charge on any atom is 0.261 e. The Bertz CT molecular complexity index is 727. The molecule has 0 spiro atoms. The van der Waals surface area contributed by atoms with Crippen LogP contribution in [0.3, 0.4) is 0 Å². The molecule has 114 valence electrons. The molecule has 1 fully saturated rings. The highest BCUT2D eigenvalue weighted by atomic mass is 16.5. The predicted molar refractivity (Wildman–Crippen MR) is 85.6 cm³/mol. The molecule has 1 heterocycles. The molecule has 0 unspecified atom stereocenters. The number of carbonyl (C=O) groups is 1. The molecule has 4 heteroatoms. The fourth-order valence-corrected chi connectivity index (χ4v) is 2.53. The van der Waals surface area contributed by atoms with Crippen LogP contribution in [0, 0.1) is 0 Å². The third-order valence-corrected chi connectivity index (χ3v) is 3.81. The first-order chi connectivity index (χ1) is 10.7.